The number of hydrogen-bond acceptors (Lipinski definition) is 38. The van der Waals surface area contributed by atoms with Gasteiger partial charge in [-0.1, -0.05) is 41.8 Å². The Bertz CT molecular complexity index is 5590. The van der Waals surface area contributed by atoms with E-state index in [1.165, 1.54) is 45.8 Å². The smallest absolute Gasteiger partial charge is 0.280 e. The van der Waals surface area contributed by atoms with Gasteiger partial charge in [-0.3, -0.25) is 47.6 Å². The van der Waals surface area contributed by atoms with Gasteiger partial charge in [-0.2, -0.15) is 19.9 Å². The van der Waals surface area contributed by atoms with Crippen LogP contribution in [0.15, 0.2) is 58.0 Å². The lowest BCUT2D eigenvalue weighted by molar-refractivity contribution is -0.0447. The van der Waals surface area contributed by atoms with Gasteiger partial charge in [-0.15, -0.1) is 29.6 Å². The van der Waals surface area contributed by atoms with Crippen LogP contribution in [-0.2, 0) is 23.7 Å². The lowest BCUT2D eigenvalue weighted by Crippen LogP contribution is -2.53. The fourth-order valence-corrected chi connectivity index (χ4v) is 14.0. The molecule has 0 radical (unpaired) electrons. The van der Waals surface area contributed by atoms with E-state index >= 15 is 0 Å². The summed E-state index contributed by atoms with van der Waals surface area (Å²) in [6.07, 6.45) is -7.33. The summed E-state index contributed by atoms with van der Waals surface area (Å²) in [5.74, 6) is 25.9. The van der Waals surface area contributed by atoms with Crippen molar-refractivity contribution >= 4 is 97.5 Å². The molecular formula is C67H81FN28O18S. The predicted molar refractivity (Wildman–Crippen MR) is 406 cm³/mol. The van der Waals surface area contributed by atoms with Gasteiger partial charge in [-0.25, -0.2) is 29.3 Å². The second kappa shape index (κ2) is 33.1. The van der Waals surface area contributed by atoms with Gasteiger partial charge >= 0.3 is 0 Å². The number of imidazole rings is 3. The number of nitrogens with two attached hydrogens (primary N) is 10. The van der Waals surface area contributed by atoms with Crippen LogP contribution in [0.3, 0.4) is 0 Å². The molecular weight excluding hydrogens is 1540 g/mol. The number of nitrogens with one attached hydrogen (secondary N) is 4. The molecule has 10 aromatic rings. The number of hydrogen-bond donors (Lipinski definition) is 24. The molecule has 46 nitrogen and oxygen atoms in total. The monoisotopic (exact) mass is 1620 g/mol. The van der Waals surface area contributed by atoms with E-state index in [1.54, 1.807) is 44.5 Å². The molecule has 0 amide bonds. The number of H-pyrrole nitrogens is 4. The first-order valence-electron chi connectivity index (χ1n) is 34.3. The van der Waals surface area contributed by atoms with E-state index in [2.05, 4.69) is 124 Å². The van der Waals surface area contributed by atoms with Crippen molar-refractivity contribution < 1.29 is 79.1 Å². The Morgan fingerprint density at radius 3 is 1.27 bits per heavy atom. The molecule has 5 fully saturated rings. The zero-order chi connectivity index (χ0) is 83.9. The van der Waals surface area contributed by atoms with Crippen molar-refractivity contribution in [2.75, 3.05) is 61.7 Å². The van der Waals surface area contributed by atoms with Crippen LogP contribution in [0.2, 0.25) is 0 Å². The van der Waals surface area contributed by atoms with E-state index in [4.69, 9.17) is 93.2 Å². The molecule has 0 bridgehead atoms. The Hall–Kier alpha value is -11.6. The van der Waals surface area contributed by atoms with Crippen LogP contribution in [-0.4, -0.2) is 260 Å². The van der Waals surface area contributed by atoms with Gasteiger partial charge in [0.2, 0.25) is 23.8 Å². The highest BCUT2D eigenvalue weighted by atomic mass is 32.1. The van der Waals surface area contributed by atoms with E-state index in [0.29, 0.717) is 27.7 Å². The molecule has 5 unspecified atom stereocenters. The Balaban J connectivity index is 0.000000142. The summed E-state index contributed by atoms with van der Waals surface area (Å²) < 4.78 is 49.8. The van der Waals surface area contributed by atoms with Crippen LogP contribution in [0.1, 0.15) is 65.8 Å². The standard InChI is InChI=1S/C14H16FN5O4.C14H17N5O4.C13H16N6O4.C13H16N6O3S.C13H16N6O3/c1-2-3-14(17)9(22)7(5-21)24-12(14)20-4-6(15)8-10(20)18-13(16)19-11(8)23;1-2-4-14(16)9(21)8(6-20)23-12(14)19-5-3-7-10(19)17-13(15)18-11(7)22;1-2-3-13(15)8(21)6(4-20)23-11(13)19-5-16-7-9(19)17-12(14)18-10(7)22;1-2-3-13(15)8(21)6(4-20)22-11(13)19-5-16-7-9(19)17-12(14)18-10(7)23;1-2-3-13(15)9(21)8(5-20)22-11(13)19-6-17-7-4-16-12(14)18-10(7)19/h4,7,9,12,21-22H,5,17H2,1H3,(H3,16,18,19,23);3,5,8-9,12,20-21H,6,16H2,1H3,(H3,15,17,18,22);5-6,8,11,20-21H,4,15H2,1H3,(H3,14,17,18,22);5-6,8,11,20-21H,4,15H2,1H3,(H3,14,17,18,23);4,6,8-9,11,20-21H,5,15H2,1H3,(H2,14,16,18)/t7-,9+,12-,14?;8-,9+,12-,14?;2*6-,8+,11-,13?;8-,9+,11-,13?/m11111/s1. The van der Waals surface area contributed by atoms with E-state index in [9.17, 15) is 69.8 Å². The molecule has 610 valence electrons. The number of aliphatic hydroxyl groups is 10. The van der Waals surface area contributed by atoms with E-state index in [1.807, 2.05) is 0 Å². The number of rotatable bonds is 10. The number of nitrogen functional groups attached to an aromatic ring is 5. The maximum absolute atomic E-state index is 14.2. The minimum Gasteiger partial charge on any atom is -0.394 e. The average Bonchev–Trinajstić information content (AvgIpc) is 1.61. The van der Waals surface area contributed by atoms with Crippen molar-refractivity contribution in [3.05, 3.63) is 85.2 Å². The van der Waals surface area contributed by atoms with Crippen LogP contribution in [0, 0.1) is 69.7 Å². The van der Waals surface area contributed by atoms with Crippen LogP contribution in [0.5, 0.6) is 0 Å². The fraction of sp³-hybridized carbons (Fsp3) is 0.448. The van der Waals surface area contributed by atoms with Crippen LogP contribution >= 0.6 is 12.2 Å². The van der Waals surface area contributed by atoms with Crippen molar-refractivity contribution in [3.8, 4) is 59.2 Å². The normalized spacial score (nSPS) is 30.4. The first-order chi connectivity index (χ1) is 54.6. The molecule has 5 aliphatic heterocycles. The fourth-order valence-electron chi connectivity index (χ4n) is 13.8. The average molecular weight is 1620 g/mol. The molecule has 115 heavy (non-hydrogen) atoms. The maximum Gasteiger partial charge on any atom is 0.280 e. The quantitative estimate of drug-likeness (QED) is 0.0447. The molecule has 5 saturated heterocycles. The first-order valence-corrected chi connectivity index (χ1v) is 34.7. The summed E-state index contributed by atoms with van der Waals surface area (Å²) in [6, 6.07) is 1.54. The van der Waals surface area contributed by atoms with E-state index in [-0.39, 0.29) is 68.8 Å². The molecule has 0 aromatic carbocycles. The Labute approximate surface area is 651 Å². The third kappa shape index (κ3) is 14.9. The number of aromatic nitrogens is 18. The topological polar surface area (TPSA) is 764 Å². The number of aliphatic hydroxyl groups excluding tert-OH is 10. The summed E-state index contributed by atoms with van der Waals surface area (Å²) >= 11 is 5.13. The highest BCUT2D eigenvalue weighted by Crippen LogP contribution is 2.43. The van der Waals surface area contributed by atoms with Gasteiger partial charge in [0.25, 0.3) is 16.7 Å². The number of halogens is 1. The molecule has 48 heteroatoms. The molecule has 15 rings (SSSR count). The van der Waals surface area contributed by atoms with Crippen molar-refractivity contribution in [1.82, 2.24) is 87.6 Å². The number of anilines is 5. The second-order valence-electron chi connectivity index (χ2n) is 26.4. The Kier molecular flexibility index (Phi) is 24.3. The van der Waals surface area contributed by atoms with Gasteiger partial charge in [0, 0.05) is 12.4 Å². The molecule has 20 atom stereocenters. The zero-order valence-corrected chi connectivity index (χ0v) is 62.1. The third-order valence-corrected chi connectivity index (χ3v) is 19.4. The third-order valence-electron chi connectivity index (χ3n) is 19.1. The highest BCUT2D eigenvalue weighted by molar-refractivity contribution is 7.71. The second-order valence-corrected chi connectivity index (χ2v) is 26.8. The number of nitrogens with zero attached hydrogens (tertiary/aromatic N) is 14. The molecule has 0 saturated carbocycles. The Morgan fingerprint density at radius 2 is 0.817 bits per heavy atom. The minimum absolute atomic E-state index is 0.0519. The van der Waals surface area contributed by atoms with Crippen molar-refractivity contribution in [2.45, 2.75) is 154 Å². The summed E-state index contributed by atoms with van der Waals surface area (Å²) in [6.45, 7) is 5.72. The van der Waals surface area contributed by atoms with Crippen molar-refractivity contribution in [3.63, 3.8) is 0 Å². The molecule has 0 aliphatic carbocycles. The maximum atomic E-state index is 14.2. The van der Waals surface area contributed by atoms with Gasteiger partial charge in [0.1, 0.15) is 83.1 Å². The first kappa shape index (κ1) is 84.4. The van der Waals surface area contributed by atoms with Crippen LogP contribution < -0.4 is 74.0 Å². The SMILES string of the molecule is CC#CC1(N)[C@@H](O)[C@@H](CO)O[C@H]1n1cc(F)c2c(=O)[nH]c(N)nc21.CC#CC1(N)[C@@H](O)[C@@H](CO)O[C@H]1n1ccc2c(=O)[nH]c(N)nc21.CC#CC1(N)[C@@H](O)[C@@H](CO)O[C@H]1n1cnc2c(=O)[nH]c(N)nc21.CC#CC1(N)[C@@H](O)[C@@H](CO)O[C@H]1n1cnc2c(=S)nc(N)[nH]c21.CC#CC1(N)[C@@H](O)[C@@H](CO)O[C@H]1n1cnc2cnc(N)nc21. The molecule has 15 heterocycles. The van der Waals surface area contributed by atoms with Crippen molar-refractivity contribution in [2.24, 2.45) is 28.7 Å². The van der Waals surface area contributed by atoms with Gasteiger partial charge < -0.3 is 142 Å². The molecule has 34 N–H and O–H groups in total. The summed E-state index contributed by atoms with van der Waals surface area (Å²) in [5, 5.41) is 98.5. The minimum atomic E-state index is -1.64. The summed E-state index contributed by atoms with van der Waals surface area (Å²) in [5.41, 5.74) is 52.2. The molecule has 10 aromatic heterocycles. The zero-order valence-electron chi connectivity index (χ0n) is 61.3. The van der Waals surface area contributed by atoms with Gasteiger partial charge in [-0.05, 0) is 40.7 Å². The lowest BCUT2D eigenvalue weighted by Gasteiger charge is -2.28. The van der Waals surface area contributed by atoms with Crippen LogP contribution in [0.25, 0.3) is 55.6 Å². The molecule has 0 spiro atoms. The van der Waals surface area contributed by atoms with Crippen LogP contribution in [0.4, 0.5) is 34.1 Å². The highest BCUT2D eigenvalue weighted by Gasteiger charge is 2.59. The summed E-state index contributed by atoms with van der Waals surface area (Å²) in [7, 11) is 0. The van der Waals surface area contributed by atoms with E-state index < -0.39 is 169 Å². The number of aromatic amines is 4. The lowest BCUT2D eigenvalue weighted by atomic mass is 9.91. The largest absolute Gasteiger partial charge is 0.394 e. The summed E-state index contributed by atoms with van der Waals surface area (Å²) in [4.78, 5) is 81.8. The van der Waals surface area contributed by atoms with E-state index in [0.717, 1.165) is 10.8 Å². The Morgan fingerprint density at radius 1 is 0.452 bits per heavy atom. The predicted octanol–water partition coefficient (Wildman–Crippen LogP) is -8.21. The van der Waals surface area contributed by atoms with Gasteiger partial charge in [0.05, 0.1) is 63.6 Å². The van der Waals surface area contributed by atoms with Gasteiger partial charge in [0.15, 0.2) is 103 Å². The number of fused-ring (bicyclic) bond motifs is 5. The van der Waals surface area contributed by atoms with Crippen molar-refractivity contribution in [1.29, 1.82) is 0 Å². The molecule has 5 aliphatic rings. The number of ether oxygens (including phenoxy) is 5.